The van der Waals surface area contributed by atoms with Crippen molar-refractivity contribution in [3.63, 3.8) is 0 Å². The van der Waals surface area contributed by atoms with Crippen molar-refractivity contribution in [1.82, 2.24) is 24.6 Å². The molecule has 0 aromatic carbocycles. The zero-order chi connectivity index (χ0) is 12.7. The first kappa shape index (κ1) is 13.8. The third-order valence-electron chi connectivity index (χ3n) is 4.63. The van der Waals surface area contributed by atoms with Gasteiger partial charge in [0.15, 0.2) is 5.65 Å². The summed E-state index contributed by atoms with van der Waals surface area (Å²) in [7, 11) is 0. The summed E-state index contributed by atoms with van der Waals surface area (Å²) in [4.78, 5) is 11.1. The summed E-state index contributed by atoms with van der Waals surface area (Å²) in [6, 6.07) is 0. The van der Waals surface area contributed by atoms with E-state index in [1.165, 1.54) is 44.7 Å². The molecule has 0 aliphatic carbocycles. The fourth-order valence-electron chi connectivity index (χ4n) is 3.55. The molecule has 2 fully saturated rings. The van der Waals surface area contributed by atoms with Gasteiger partial charge < -0.3 is 5.32 Å². The van der Waals surface area contributed by atoms with Gasteiger partial charge >= 0.3 is 0 Å². The van der Waals surface area contributed by atoms with Crippen LogP contribution >= 0.6 is 12.4 Å². The van der Waals surface area contributed by atoms with Gasteiger partial charge in [-0.1, -0.05) is 0 Å². The molecule has 0 amide bonds. The first-order valence-corrected chi connectivity index (χ1v) is 7.04. The summed E-state index contributed by atoms with van der Waals surface area (Å²) in [6.45, 7) is 5.81. The highest BCUT2D eigenvalue weighted by molar-refractivity contribution is 5.85. The smallest absolute Gasteiger partial charge is 0.155 e. The Labute approximate surface area is 124 Å². The maximum absolute atomic E-state index is 4.41. The SMILES string of the molecule is Cl.c1cn2c(CN3CCC4(CCNC4)C3)cnc2cn1. The maximum Gasteiger partial charge on any atom is 0.155 e. The Bertz CT molecular complexity index is 590. The van der Waals surface area contributed by atoms with Gasteiger partial charge in [0.2, 0.25) is 0 Å². The van der Waals surface area contributed by atoms with E-state index in [-0.39, 0.29) is 12.4 Å². The first-order chi connectivity index (χ1) is 9.35. The normalized spacial score (nSPS) is 26.4. The van der Waals surface area contributed by atoms with Crippen molar-refractivity contribution in [3.8, 4) is 0 Å². The second-order valence-corrected chi connectivity index (χ2v) is 5.94. The largest absolute Gasteiger partial charge is 0.316 e. The summed E-state index contributed by atoms with van der Waals surface area (Å²) in [5, 5.41) is 3.51. The molecule has 0 radical (unpaired) electrons. The summed E-state index contributed by atoms with van der Waals surface area (Å²) in [6.07, 6.45) is 10.3. The van der Waals surface area contributed by atoms with Crippen LogP contribution in [0.15, 0.2) is 24.8 Å². The van der Waals surface area contributed by atoms with Gasteiger partial charge in [0.1, 0.15) is 0 Å². The number of nitrogens with one attached hydrogen (secondary N) is 1. The van der Waals surface area contributed by atoms with Crippen molar-refractivity contribution in [1.29, 1.82) is 0 Å². The lowest BCUT2D eigenvalue weighted by Gasteiger charge is -2.22. The van der Waals surface area contributed by atoms with E-state index in [2.05, 4.69) is 24.6 Å². The van der Waals surface area contributed by atoms with Crippen LogP contribution in [-0.4, -0.2) is 45.4 Å². The zero-order valence-electron chi connectivity index (χ0n) is 11.5. The molecule has 6 heteroatoms. The summed E-state index contributed by atoms with van der Waals surface area (Å²) in [5.41, 5.74) is 2.75. The molecular formula is C14H20ClN5. The van der Waals surface area contributed by atoms with Crippen LogP contribution in [0.1, 0.15) is 18.5 Å². The number of aromatic nitrogens is 3. The van der Waals surface area contributed by atoms with E-state index in [1.54, 1.807) is 0 Å². The minimum absolute atomic E-state index is 0. The molecule has 1 atom stereocenters. The van der Waals surface area contributed by atoms with Gasteiger partial charge in [-0.2, -0.15) is 0 Å². The summed E-state index contributed by atoms with van der Waals surface area (Å²) in [5.74, 6) is 0. The third-order valence-corrected chi connectivity index (χ3v) is 4.63. The number of hydrogen-bond acceptors (Lipinski definition) is 4. The number of hydrogen-bond donors (Lipinski definition) is 1. The predicted molar refractivity (Wildman–Crippen MR) is 80.0 cm³/mol. The van der Waals surface area contributed by atoms with E-state index in [1.807, 2.05) is 24.8 Å². The number of imidazole rings is 1. The molecular weight excluding hydrogens is 274 g/mol. The molecule has 0 saturated carbocycles. The van der Waals surface area contributed by atoms with E-state index in [9.17, 15) is 0 Å². The van der Waals surface area contributed by atoms with Gasteiger partial charge in [-0.15, -0.1) is 12.4 Å². The van der Waals surface area contributed by atoms with Gasteiger partial charge in [-0.3, -0.25) is 14.3 Å². The molecule has 2 aliphatic heterocycles. The molecule has 1 spiro atoms. The van der Waals surface area contributed by atoms with Crippen molar-refractivity contribution < 1.29 is 0 Å². The molecule has 108 valence electrons. The predicted octanol–water partition coefficient (Wildman–Crippen LogP) is 1.34. The monoisotopic (exact) mass is 293 g/mol. The number of likely N-dealkylation sites (tertiary alicyclic amines) is 1. The average Bonchev–Trinajstić information content (AvgIpc) is 3.14. The van der Waals surface area contributed by atoms with Crippen LogP contribution in [-0.2, 0) is 6.54 Å². The van der Waals surface area contributed by atoms with E-state index in [4.69, 9.17) is 0 Å². The van der Waals surface area contributed by atoms with Gasteiger partial charge in [0.25, 0.3) is 0 Å². The lowest BCUT2D eigenvalue weighted by molar-refractivity contribution is 0.266. The standard InChI is InChI=1S/C14H19N5.ClH/c1-3-16-10-14(1)2-5-18(11-14)9-12-7-17-13-8-15-4-6-19(12)13;/h4,6-8,16H,1-3,5,9-11H2;1H. The Kier molecular flexibility index (Phi) is 3.67. The van der Waals surface area contributed by atoms with E-state index in [0.717, 1.165) is 12.2 Å². The van der Waals surface area contributed by atoms with Crippen LogP contribution in [0.5, 0.6) is 0 Å². The van der Waals surface area contributed by atoms with E-state index < -0.39 is 0 Å². The molecule has 1 unspecified atom stereocenters. The minimum atomic E-state index is 0. The van der Waals surface area contributed by atoms with Gasteiger partial charge in [0.05, 0.1) is 18.1 Å². The van der Waals surface area contributed by atoms with Crippen molar-refractivity contribution in [3.05, 3.63) is 30.5 Å². The third kappa shape index (κ3) is 2.30. The molecule has 0 bridgehead atoms. The summed E-state index contributed by atoms with van der Waals surface area (Å²) >= 11 is 0. The number of rotatable bonds is 2. The quantitative estimate of drug-likeness (QED) is 0.907. The van der Waals surface area contributed by atoms with Crippen LogP contribution in [0, 0.1) is 5.41 Å². The number of fused-ring (bicyclic) bond motifs is 1. The Hall–Kier alpha value is -1.17. The van der Waals surface area contributed by atoms with Crippen LogP contribution in [0.2, 0.25) is 0 Å². The highest BCUT2D eigenvalue weighted by Crippen LogP contribution is 2.36. The molecule has 5 nitrogen and oxygen atoms in total. The molecule has 20 heavy (non-hydrogen) atoms. The Morgan fingerprint density at radius 1 is 1.30 bits per heavy atom. The molecule has 4 rings (SSSR count). The van der Waals surface area contributed by atoms with Crippen LogP contribution in [0.25, 0.3) is 5.65 Å². The molecule has 2 aliphatic rings. The second-order valence-electron chi connectivity index (χ2n) is 5.94. The van der Waals surface area contributed by atoms with Crippen molar-refractivity contribution in [2.45, 2.75) is 19.4 Å². The van der Waals surface area contributed by atoms with Crippen molar-refractivity contribution in [2.75, 3.05) is 26.2 Å². The number of nitrogens with zero attached hydrogens (tertiary/aromatic N) is 4. The molecule has 4 heterocycles. The fourth-order valence-corrected chi connectivity index (χ4v) is 3.55. The zero-order valence-corrected chi connectivity index (χ0v) is 12.3. The summed E-state index contributed by atoms with van der Waals surface area (Å²) < 4.78 is 2.14. The lowest BCUT2D eigenvalue weighted by atomic mass is 9.87. The van der Waals surface area contributed by atoms with Gasteiger partial charge in [-0.05, 0) is 31.3 Å². The van der Waals surface area contributed by atoms with Crippen LogP contribution < -0.4 is 5.32 Å². The average molecular weight is 294 g/mol. The Balaban J connectivity index is 0.00000121. The fraction of sp³-hybridized carbons (Fsp3) is 0.571. The lowest BCUT2D eigenvalue weighted by Crippen LogP contribution is -2.29. The molecule has 2 saturated heterocycles. The Morgan fingerprint density at radius 2 is 2.25 bits per heavy atom. The maximum atomic E-state index is 4.41. The van der Waals surface area contributed by atoms with E-state index >= 15 is 0 Å². The highest BCUT2D eigenvalue weighted by atomic mass is 35.5. The number of halogens is 1. The van der Waals surface area contributed by atoms with E-state index in [0.29, 0.717) is 5.41 Å². The van der Waals surface area contributed by atoms with Crippen LogP contribution in [0.3, 0.4) is 0 Å². The van der Waals surface area contributed by atoms with Crippen molar-refractivity contribution in [2.24, 2.45) is 5.41 Å². The minimum Gasteiger partial charge on any atom is -0.316 e. The molecule has 2 aromatic heterocycles. The molecule has 2 aromatic rings. The first-order valence-electron chi connectivity index (χ1n) is 7.04. The highest BCUT2D eigenvalue weighted by Gasteiger charge is 2.40. The van der Waals surface area contributed by atoms with Crippen molar-refractivity contribution >= 4 is 18.1 Å². The van der Waals surface area contributed by atoms with Crippen LogP contribution in [0.4, 0.5) is 0 Å². The second kappa shape index (κ2) is 5.31. The van der Waals surface area contributed by atoms with Gasteiger partial charge in [0, 0.05) is 32.0 Å². The topological polar surface area (TPSA) is 45.5 Å². The Morgan fingerprint density at radius 3 is 3.10 bits per heavy atom. The molecule has 1 N–H and O–H groups in total. The van der Waals surface area contributed by atoms with Gasteiger partial charge in [-0.25, -0.2) is 4.98 Å².